The van der Waals surface area contributed by atoms with Crippen molar-refractivity contribution in [3.05, 3.63) is 0 Å². The van der Waals surface area contributed by atoms with E-state index >= 15 is 0 Å². The van der Waals surface area contributed by atoms with Gasteiger partial charge in [0.1, 0.15) is 0 Å². The Morgan fingerprint density at radius 2 is 1.94 bits per heavy atom. The second kappa shape index (κ2) is 5.71. The average molecular weight is 238 g/mol. The van der Waals surface area contributed by atoms with Crippen molar-refractivity contribution in [3.63, 3.8) is 0 Å². The predicted molar refractivity (Wildman–Crippen MR) is 73.9 cm³/mol. The molecule has 0 aromatic heterocycles. The smallest absolute Gasteiger partial charge is 0.0332 e. The van der Waals surface area contributed by atoms with Gasteiger partial charge in [-0.25, -0.2) is 0 Å². The van der Waals surface area contributed by atoms with Crippen LogP contribution in [0.5, 0.6) is 0 Å². The highest BCUT2D eigenvalue weighted by Crippen LogP contribution is 2.37. The molecule has 2 rings (SSSR count). The van der Waals surface area contributed by atoms with Crippen LogP contribution in [0.1, 0.15) is 58.8 Å². The van der Waals surface area contributed by atoms with Crippen LogP contribution in [0.4, 0.5) is 0 Å². The maximum absolute atomic E-state index is 6.09. The molecule has 2 saturated carbocycles. The van der Waals surface area contributed by atoms with E-state index < -0.39 is 0 Å². The summed E-state index contributed by atoms with van der Waals surface area (Å²) in [5.74, 6) is 2.56. The van der Waals surface area contributed by atoms with Gasteiger partial charge in [0.2, 0.25) is 0 Å². The molecule has 100 valence electrons. The lowest BCUT2D eigenvalue weighted by atomic mass is 9.68. The third kappa shape index (κ3) is 2.85. The Morgan fingerprint density at radius 3 is 2.53 bits per heavy atom. The lowest BCUT2D eigenvalue weighted by molar-refractivity contribution is 0.108. The van der Waals surface area contributed by atoms with Crippen molar-refractivity contribution >= 4 is 0 Å². The molecule has 3 unspecified atom stereocenters. The molecule has 2 heteroatoms. The minimum atomic E-state index is 0.238. The molecule has 2 nitrogen and oxygen atoms in total. The summed E-state index contributed by atoms with van der Waals surface area (Å²) in [7, 11) is 0. The summed E-state index contributed by atoms with van der Waals surface area (Å²) in [6.45, 7) is 6.77. The first-order valence-corrected chi connectivity index (χ1v) is 7.63. The fourth-order valence-electron chi connectivity index (χ4n) is 3.68. The zero-order chi connectivity index (χ0) is 12.3. The van der Waals surface area contributed by atoms with Gasteiger partial charge in [0.15, 0.2) is 0 Å². The molecule has 2 aliphatic carbocycles. The summed E-state index contributed by atoms with van der Waals surface area (Å²) < 4.78 is 0. The van der Waals surface area contributed by atoms with E-state index in [1.807, 2.05) is 0 Å². The molecule has 0 heterocycles. The summed E-state index contributed by atoms with van der Waals surface area (Å²) in [6.07, 6.45) is 9.75. The van der Waals surface area contributed by atoms with Crippen LogP contribution < -0.4 is 11.1 Å². The van der Waals surface area contributed by atoms with E-state index in [1.165, 1.54) is 51.5 Å². The molecule has 3 N–H and O–H groups in total. The number of nitrogens with two attached hydrogens (primary N) is 1. The van der Waals surface area contributed by atoms with Gasteiger partial charge < -0.3 is 11.1 Å². The van der Waals surface area contributed by atoms with Gasteiger partial charge in [-0.1, -0.05) is 46.0 Å². The molecule has 2 fully saturated rings. The highest BCUT2D eigenvalue weighted by molar-refractivity contribution is 4.98. The lowest BCUT2D eigenvalue weighted by Gasteiger charge is -2.46. The highest BCUT2D eigenvalue weighted by atomic mass is 15.0. The molecule has 17 heavy (non-hydrogen) atoms. The molecule has 0 aromatic carbocycles. The van der Waals surface area contributed by atoms with E-state index in [2.05, 4.69) is 19.2 Å². The SMILES string of the molecule is CC1CCCC(CN)(NCCC2CCC2)C1C. The van der Waals surface area contributed by atoms with Crippen LogP contribution in [0.15, 0.2) is 0 Å². The summed E-state index contributed by atoms with van der Waals surface area (Å²) in [4.78, 5) is 0. The van der Waals surface area contributed by atoms with Crippen LogP contribution in [0.3, 0.4) is 0 Å². The Morgan fingerprint density at radius 1 is 1.18 bits per heavy atom. The molecule has 0 bridgehead atoms. The van der Waals surface area contributed by atoms with Crippen molar-refractivity contribution in [1.29, 1.82) is 0 Å². The van der Waals surface area contributed by atoms with Crippen molar-refractivity contribution in [2.45, 2.75) is 64.3 Å². The number of hydrogen-bond donors (Lipinski definition) is 2. The number of nitrogens with one attached hydrogen (secondary N) is 1. The van der Waals surface area contributed by atoms with E-state index in [9.17, 15) is 0 Å². The molecular formula is C15H30N2. The summed E-state index contributed by atoms with van der Waals surface area (Å²) in [5.41, 5.74) is 6.33. The second-order valence-corrected chi connectivity index (χ2v) is 6.53. The first-order chi connectivity index (χ1) is 8.18. The summed E-state index contributed by atoms with van der Waals surface area (Å²) in [6, 6.07) is 0. The maximum Gasteiger partial charge on any atom is 0.0332 e. The average Bonchev–Trinajstić information content (AvgIpc) is 2.28. The first-order valence-electron chi connectivity index (χ1n) is 7.63. The topological polar surface area (TPSA) is 38.0 Å². The van der Waals surface area contributed by atoms with E-state index in [1.54, 1.807) is 0 Å². The molecule has 2 aliphatic rings. The Bertz CT molecular complexity index is 237. The molecule has 0 radical (unpaired) electrons. The minimum Gasteiger partial charge on any atom is -0.329 e. The Kier molecular flexibility index (Phi) is 4.48. The largest absolute Gasteiger partial charge is 0.329 e. The summed E-state index contributed by atoms with van der Waals surface area (Å²) >= 11 is 0. The molecule has 0 amide bonds. The second-order valence-electron chi connectivity index (χ2n) is 6.53. The fraction of sp³-hybridized carbons (Fsp3) is 1.00. The Balaban J connectivity index is 1.83. The summed E-state index contributed by atoms with van der Waals surface area (Å²) in [5, 5.41) is 3.84. The van der Waals surface area contributed by atoms with Gasteiger partial charge in [0.05, 0.1) is 0 Å². The van der Waals surface area contributed by atoms with Gasteiger partial charge in [-0.15, -0.1) is 0 Å². The van der Waals surface area contributed by atoms with Gasteiger partial charge in [-0.3, -0.25) is 0 Å². The maximum atomic E-state index is 6.09. The third-order valence-electron chi connectivity index (χ3n) is 5.63. The highest BCUT2D eigenvalue weighted by Gasteiger charge is 2.39. The van der Waals surface area contributed by atoms with Crippen LogP contribution >= 0.6 is 0 Å². The quantitative estimate of drug-likeness (QED) is 0.773. The Hall–Kier alpha value is -0.0800. The van der Waals surface area contributed by atoms with Gasteiger partial charge in [0, 0.05) is 12.1 Å². The van der Waals surface area contributed by atoms with Gasteiger partial charge in [-0.05, 0) is 37.1 Å². The van der Waals surface area contributed by atoms with Crippen molar-refractivity contribution in [3.8, 4) is 0 Å². The van der Waals surface area contributed by atoms with Crippen LogP contribution in [0.25, 0.3) is 0 Å². The minimum absolute atomic E-state index is 0.238. The first kappa shape index (κ1) is 13.4. The molecule has 0 aliphatic heterocycles. The van der Waals surface area contributed by atoms with E-state index in [0.29, 0.717) is 0 Å². The fourth-order valence-corrected chi connectivity index (χ4v) is 3.68. The van der Waals surface area contributed by atoms with Crippen molar-refractivity contribution in [2.75, 3.05) is 13.1 Å². The van der Waals surface area contributed by atoms with E-state index in [0.717, 1.165) is 24.3 Å². The van der Waals surface area contributed by atoms with Gasteiger partial charge in [0.25, 0.3) is 0 Å². The van der Waals surface area contributed by atoms with Crippen molar-refractivity contribution in [1.82, 2.24) is 5.32 Å². The zero-order valence-corrected chi connectivity index (χ0v) is 11.7. The molecule has 0 saturated heterocycles. The predicted octanol–water partition coefficient (Wildman–Crippen LogP) is 2.92. The third-order valence-corrected chi connectivity index (χ3v) is 5.63. The van der Waals surface area contributed by atoms with Crippen LogP contribution in [-0.4, -0.2) is 18.6 Å². The monoisotopic (exact) mass is 238 g/mol. The van der Waals surface area contributed by atoms with Gasteiger partial charge in [-0.2, -0.15) is 0 Å². The normalized spacial score (nSPS) is 39.0. The number of hydrogen-bond acceptors (Lipinski definition) is 2. The number of rotatable bonds is 5. The van der Waals surface area contributed by atoms with Crippen LogP contribution in [0.2, 0.25) is 0 Å². The zero-order valence-electron chi connectivity index (χ0n) is 11.7. The van der Waals surface area contributed by atoms with Crippen LogP contribution in [-0.2, 0) is 0 Å². The standard InChI is InChI=1S/C15H30N2/c1-12-5-4-9-15(11-16,13(12)2)17-10-8-14-6-3-7-14/h12-14,17H,3-11,16H2,1-2H3. The van der Waals surface area contributed by atoms with Crippen molar-refractivity contribution in [2.24, 2.45) is 23.5 Å². The van der Waals surface area contributed by atoms with Crippen molar-refractivity contribution < 1.29 is 0 Å². The molecule has 0 spiro atoms. The molecular weight excluding hydrogens is 208 g/mol. The molecule has 0 aromatic rings. The lowest BCUT2D eigenvalue weighted by Crippen LogP contribution is -2.59. The van der Waals surface area contributed by atoms with Crippen LogP contribution in [0, 0.1) is 17.8 Å². The molecule has 3 atom stereocenters. The van der Waals surface area contributed by atoms with Gasteiger partial charge >= 0.3 is 0 Å². The van der Waals surface area contributed by atoms with E-state index in [-0.39, 0.29) is 5.54 Å². The van der Waals surface area contributed by atoms with E-state index in [4.69, 9.17) is 5.73 Å². The Labute approximate surface area is 107 Å².